The van der Waals surface area contributed by atoms with Gasteiger partial charge in [-0.2, -0.15) is 0 Å². The molecule has 0 saturated carbocycles. The molecule has 0 fully saturated rings. The average Bonchev–Trinajstić information content (AvgIpc) is 3.05. The van der Waals surface area contributed by atoms with Gasteiger partial charge in [-0.25, -0.2) is 4.39 Å². The zero-order valence-electron chi connectivity index (χ0n) is 18.8. The summed E-state index contributed by atoms with van der Waals surface area (Å²) in [6.07, 6.45) is 2.11. The second kappa shape index (κ2) is 8.07. The number of rotatable bonds is 6. The molecule has 3 aromatic rings. The van der Waals surface area contributed by atoms with E-state index >= 15 is 4.39 Å². The summed E-state index contributed by atoms with van der Waals surface area (Å²) in [5.41, 5.74) is 4.29. The van der Waals surface area contributed by atoms with Gasteiger partial charge in [-0.3, -0.25) is 4.90 Å². The Balaban J connectivity index is 1.76. The molecule has 3 nitrogen and oxygen atoms in total. The molecule has 2 aromatic carbocycles. The molecule has 0 saturated heterocycles. The van der Waals surface area contributed by atoms with Crippen LogP contribution in [0.2, 0.25) is 0 Å². The highest BCUT2D eigenvalue weighted by molar-refractivity contribution is 5.86. The Morgan fingerprint density at radius 2 is 1.90 bits per heavy atom. The summed E-state index contributed by atoms with van der Waals surface area (Å²) in [6.45, 7) is 10.7. The van der Waals surface area contributed by atoms with Crippen LogP contribution in [0, 0.1) is 6.92 Å². The number of methoxy groups -OCH3 is 1. The van der Waals surface area contributed by atoms with E-state index in [1.807, 2.05) is 24.3 Å². The van der Waals surface area contributed by atoms with Crippen molar-refractivity contribution in [2.24, 2.45) is 0 Å². The van der Waals surface area contributed by atoms with Crippen LogP contribution >= 0.6 is 0 Å². The van der Waals surface area contributed by atoms with Gasteiger partial charge in [0.15, 0.2) is 5.67 Å². The predicted molar refractivity (Wildman–Crippen MR) is 122 cm³/mol. The fourth-order valence-electron chi connectivity index (χ4n) is 4.73. The highest BCUT2D eigenvalue weighted by Gasteiger charge is 2.32. The molecule has 2 atom stereocenters. The Labute approximate surface area is 179 Å². The van der Waals surface area contributed by atoms with Gasteiger partial charge in [0.2, 0.25) is 0 Å². The molecule has 160 valence electrons. The summed E-state index contributed by atoms with van der Waals surface area (Å²) in [6, 6.07) is 14.5. The van der Waals surface area contributed by atoms with Crippen molar-refractivity contribution < 1.29 is 9.13 Å². The van der Waals surface area contributed by atoms with E-state index in [2.05, 4.69) is 48.4 Å². The Hall–Kier alpha value is -2.33. The molecule has 4 heteroatoms. The van der Waals surface area contributed by atoms with E-state index in [4.69, 9.17) is 4.74 Å². The predicted octanol–water partition coefficient (Wildman–Crippen LogP) is 6.00. The second-order valence-electron chi connectivity index (χ2n) is 8.94. The number of aryl methyl sites for hydroxylation is 1. The van der Waals surface area contributed by atoms with Crippen LogP contribution in [0.1, 0.15) is 49.6 Å². The number of nitrogens with zero attached hydrogens (tertiary/aromatic N) is 2. The quantitative estimate of drug-likeness (QED) is 0.498. The maximum atomic E-state index is 16.0. The van der Waals surface area contributed by atoms with Crippen molar-refractivity contribution >= 4 is 10.9 Å². The summed E-state index contributed by atoms with van der Waals surface area (Å²) in [7, 11) is 1.63. The van der Waals surface area contributed by atoms with E-state index in [0.717, 1.165) is 37.2 Å². The van der Waals surface area contributed by atoms with E-state index in [-0.39, 0.29) is 0 Å². The van der Waals surface area contributed by atoms with Gasteiger partial charge in [0.25, 0.3) is 0 Å². The van der Waals surface area contributed by atoms with Crippen molar-refractivity contribution in [1.82, 2.24) is 9.47 Å². The lowest BCUT2D eigenvalue weighted by Crippen LogP contribution is -2.38. The molecule has 0 amide bonds. The highest BCUT2D eigenvalue weighted by atomic mass is 19.1. The van der Waals surface area contributed by atoms with Gasteiger partial charge in [-0.05, 0) is 62.6 Å². The number of aromatic nitrogens is 1. The molecule has 4 rings (SSSR count). The average molecular weight is 409 g/mol. The van der Waals surface area contributed by atoms with Crippen LogP contribution in [-0.2, 0) is 25.2 Å². The smallest absolute Gasteiger partial charge is 0.151 e. The van der Waals surface area contributed by atoms with Crippen LogP contribution < -0.4 is 4.74 Å². The number of fused-ring (bicyclic) bond motifs is 3. The summed E-state index contributed by atoms with van der Waals surface area (Å²) in [5, 5.41) is 1.28. The number of hydrogen-bond donors (Lipinski definition) is 0. The Kier molecular flexibility index (Phi) is 5.63. The molecular formula is C26H33FN2O. The summed E-state index contributed by atoms with van der Waals surface area (Å²) in [5.74, 6) is 0.749. The monoisotopic (exact) mass is 408 g/mol. The molecule has 2 unspecified atom stereocenters. The zero-order valence-corrected chi connectivity index (χ0v) is 18.8. The van der Waals surface area contributed by atoms with E-state index < -0.39 is 5.67 Å². The minimum Gasteiger partial charge on any atom is -0.497 e. The van der Waals surface area contributed by atoms with Gasteiger partial charge < -0.3 is 9.30 Å². The van der Waals surface area contributed by atoms with Crippen molar-refractivity contribution in [2.45, 2.75) is 65.3 Å². The van der Waals surface area contributed by atoms with Crippen LogP contribution in [0.15, 0.2) is 42.5 Å². The van der Waals surface area contributed by atoms with Crippen LogP contribution in [0.4, 0.5) is 4.39 Å². The third-order valence-electron chi connectivity index (χ3n) is 6.80. The topological polar surface area (TPSA) is 17.4 Å². The van der Waals surface area contributed by atoms with Crippen molar-refractivity contribution in [3.8, 4) is 5.75 Å². The maximum absolute atomic E-state index is 16.0. The lowest BCUT2D eigenvalue weighted by atomic mass is 9.97. The molecule has 30 heavy (non-hydrogen) atoms. The molecule has 1 aliphatic rings. The summed E-state index contributed by atoms with van der Waals surface area (Å²) >= 11 is 0. The van der Waals surface area contributed by atoms with Crippen molar-refractivity contribution in [3.05, 3.63) is 64.8 Å². The molecule has 2 heterocycles. The Morgan fingerprint density at radius 3 is 2.57 bits per heavy atom. The maximum Gasteiger partial charge on any atom is 0.151 e. The van der Waals surface area contributed by atoms with E-state index in [1.54, 1.807) is 14.0 Å². The van der Waals surface area contributed by atoms with Crippen LogP contribution in [0.25, 0.3) is 10.9 Å². The zero-order chi connectivity index (χ0) is 21.5. The van der Waals surface area contributed by atoms with E-state index in [0.29, 0.717) is 18.2 Å². The van der Waals surface area contributed by atoms with Gasteiger partial charge in [-0.15, -0.1) is 0 Å². The number of hydrogen-bond acceptors (Lipinski definition) is 2. The second-order valence-corrected chi connectivity index (χ2v) is 8.94. The SMILES string of the molecule is CCC(C)N1CCc2c(c3cc(C)ccc3n2CC(C)(F)c2ccc(OC)cc2)C1. The molecule has 0 bridgehead atoms. The highest BCUT2D eigenvalue weighted by Crippen LogP contribution is 2.37. The summed E-state index contributed by atoms with van der Waals surface area (Å²) in [4.78, 5) is 2.56. The molecule has 1 aromatic heterocycles. The molecule has 0 spiro atoms. The van der Waals surface area contributed by atoms with Gasteiger partial charge >= 0.3 is 0 Å². The first-order valence-electron chi connectivity index (χ1n) is 11.0. The standard InChI is InChI=1S/C26H33FN2O/c1-6-19(3)28-14-13-25-23(16-28)22-15-18(2)7-12-24(22)29(25)17-26(4,27)20-8-10-21(30-5)11-9-20/h7-12,15,19H,6,13-14,16-17H2,1-5H3. The van der Waals surface area contributed by atoms with Gasteiger partial charge in [0.1, 0.15) is 5.75 Å². The molecule has 0 radical (unpaired) electrons. The fourth-order valence-corrected chi connectivity index (χ4v) is 4.73. The minimum atomic E-state index is -1.47. The minimum absolute atomic E-state index is 0.317. The van der Waals surface area contributed by atoms with Crippen molar-refractivity contribution in [3.63, 3.8) is 0 Å². The molecule has 0 aliphatic carbocycles. The first kappa shape index (κ1) is 20.9. The lowest BCUT2D eigenvalue weighted by molar-refractivity contribution is 0.156. The number of alkyl halides is 1. The van der Waals surface area contributed by atoms with Crippen LogP contribution in [0.3, 0.4) is 0 Å². The first-order valence-corrected chi connectivity index (χ1v) is 11.0. The van der Waals surface area contributed by atoms with Crippen molar-refractivity contribution in [2.75, 3.05) is 13.7 Å². The van der Waals surface area contributed by atoms with E-state index in [9.17, 15) is 0 Å². The molecule has 0 N–H and O–H groups in total. The first-order chi connectivity index (χ1) is 14.3. The van der Waals surface area contributed by atoms with Gasteiger partial charge in [0.05, 0.1) is 13.7 Å². The third kappa shape index (κ3) is 3.74. The normalized spacial score (nSPS) is 17.5. The molecular weight excluding hydrogens is 375 g/mol. The van der Waals surface area contributed by atoms with E-state index in [1.165, 1.54) is 22.2 Å². The van der Waals surface area contributed by atoms with Crippen molar-refractivity contribution in [1.29, 1.82) is 0 Å². The largest absolute Gasteiger partial charge is 0.497 e. The molecule has 1 aliphatic heterocycles. The van der Waals surface area contributed by atoms with Gasteiger partial charge in [0, 0.05) is 42.1 Å². The Bertz CT molecular complexity index is 1040. The van der Waals surface area contributed by atoms with Gasteiger partial charge in [-0.1, -0.05) is 30.7 Å². The third-order valence-corrected chi connectivity index (χ3v) is 6.80. The fraction of sp³-hybridized carbons (Fsp3) is 0.462. The number of ether oxygens (including phenoxy) is 1. The number of halogens is 1. The van der Waals surface area contributed by atoms with Crippen LogP contribution in [0.5, 0.6) is 5.75 Å². The lowest BCUT2D eigenvalue weighted by Gasteiger charge is -2.33. The summed E-state index contributed by atoms with van der Waals surface area (Å²) < 4.78 is 23.5. The number of benzene rings is 2. The Morgan fingerprint density at radius 1 is 1.17 bits per heavy atom. The van der Waals surface area contributed by atoms with Crippen LogP contribution in [-0.4, -0.2) is 29.2 Å².